The molecule has 0 saturated carbocycles. The fourth-order valence-electron chi connectivity index (χ4n) is 9.26. The maximum atomic E-state index is 15.4. The van der Waals surface area contributed by atoms with Crippen LogP contribution in [0, 0.1) is 16.0 Å². The van der Waals surface area contributed by atoms with Crippen LogP contribution >= 0.6 is 0 Å². The number of anilines is 2. The lowest BCUT2D eigenvalue weighted by Gasteiger charge is -2.39. The Balaban J connectivity index is 1.29. The molecule has 14 nitrogen and oxygen atoms in total. The van der Waals surface area contributed by atoms with Crippen LogP contribution in [0.1, 0.15) is 43.4 Å². The van der Waals surface area contributed by atoms with Crippen molar-refractivity contribution in [1.29, 1.82) is 0 Å². The summed E-state index contributed by atoms with van der Waals surface area (Å²) in [5.74, 6) is -1.27. The Kier molecular flexibility index (Phi) is 11.5. The van der Waals surface area contributed by atoms with Crippen molar-refractivity contribution in [3.63, 3.8) is 0 Å². The molecule has 0 bridgehead atoms. The molecule has 1 N–H and O–H groups in total. The number of ether oxygens (including phenoxy) is 3. The van der Waals surface area contributed by atoms with Crippen molar-refractivity contribution in [2.24, 2.45) is 5.92 Å². The summed E-state index contributed by atoms with van der Waals surface area (Å²) in [5.41, 5.74) is 0.588. The number of hydrogen-bond acceptors (Lipinski definition) is 10. The van der Waals surface area contributed by atoms with E-state index < -0.39 is 48.7 Å². The minimum absolute atomic E-state index is 0.0322. The zero-order valence-electron chi connectivity index (χ0n) is 33.7. The number of rotatable bonds is 14. The van der Waals surface area contributed by atoms with Gasteiger partial charge in [0.2, 0.25) is 11.8 Å². The van der Waals surface area contributed by atoms with E-state index in [0.29, 0.717) is 28.3 Å². The van der Waals surface area contributed by atoms with Crippen LogP contribution in [0.5, 0.6) is 5.75 Å². The van der Waals surface area contributed by atoms with Gasteiger partial charge in [-0.1, -0.05) is 79.8 Å². The lowest BCUT2D eigenvalue weighted by atomic mass is 9.82. The standard InChI is InChI=1S/C44H48N4O10Si/c1-28-42(59(4,5)35-17-15-34(56-3)16-18-35)38(24-39(51)45(20-21-49)26-30-10-7-6-8-11-30)58-44(28)36-23-33(48(54)55)14-19-37(36)46(43(44)53)27-31-12-9-13-32(22-31)47-40(52)25-41(47)57-29(2)50/h6-19,22-23,28,38,41-42,49H,20-21,24-27H2,1-5H3/t28-,38+,41?,42-,44+/m1/s1. The van der Waals surface area contributed by atoms with Crippen molar-refractivity contribution in [2.45, 2.75) is 76.3 Å². The van der Waals surface area contributed by atoms with Gasteiger partial charge >= 0.3 is 5.97 Å². The number of methoxy groups -OCH3 is 1. The fraction of sp³-hybridized carbons (Fsp3) is 0.364. The van der Waals surface area contributed by atoms with Crippen LogP contribution in [-0.2, 0) is 47.3 Å². The lowest BCUT2D eigenvalue weighted by molar-refractivity contribution is -0.385. The zero-order chi connectivity index (χ0) is 42.2. The van der Waals surface area contributed by atoms with E-state index in [1.165, 1.54) is 24.0 Å². The summed E-state index contributed by atoms with van der Waals surface area (Å²) in [4.78, 5) is 70.5. The molecular weight excluding hydrogens is 773 g/mol. The first kappa shape index (κ1) is 41.3. The van der Waals surface area contributed by atoms with Gasteiger partial charge in [-0.3, -0.25) is 34.2 Å². The third kappa shape index (κ3) is 7.61. The number of fused-ring (bicyclic) bond motifs is 2. The number of carbonyl (C=O) groups excluding carboxylic acids is 4. The van der Waals surface area contributed by atoms with Crippen LogP contribution in [0.3, 0.4) is 0 Å². The number of aliphatic hydroxyl groups is 1. The predicted molar refractivity (Wildman–Crippen MR) is 222 cm³/mol. The number of aliphatic hydroxyl groups excluding tert-OH is 1. The topological polar surface area (TPSA) is 169 Å². The number of nitro groups is 1. The Morgan fingerprint density at radius 3 is 2.36 bits per heavy atom. The van der Waals surface area contributed by atoms with E-state index in [4.69, 9.17) is 14.2 Å². The van der Waals surface area contributed by atoms with Crippen LogP contribution in [0.15, 0.2) is 97.1 Å². The molecular formula is C44H48N4O10Si. The van der Waals surface area contributed by atoms with Crippen LogP contribution < -0.4 is 19.7 Å². The van der Waals surface area contributed by atoms with Crippen LogP contribution in [0.25, 0.3) is 0 Å². The van der Waals surface area contributed by atoms with Crippen molar-refractivity contribution in [1.82, 2.24) is 4.90 Å². The summed E-state index contributed by atoms with van der Waals surface area (Å²) >= 11 is 0. The maximum Gasteiger partial charge on any atom is 0.304 e. The third-order valence-corrected chi connectivity index (χ3v) is 16.4. The van der Waals surface area contributed by atoms with Crippen LogP contribution in [0.4, 0.5) is 17.1 Å². The molecule has 3 heterocycles. The molecule has 0 radical (unpaired) electrons. The summed E-state index contributed by atoms with van der Waals surface area (Å²) in [6, 6.07) is 28.7. The monoisotopic (exact) mass is 820 g/mol. The predicted octanol–water partition coefficient (Wildman–Crippen LogP) is 5.40. The molecule has 1 spiro atoms. The quantitative estimate of drug-likeness (QED) is 0.0572. The highest BCUT2D eigenvalue weighted by Crippen LogP contribution is 2.60. The van der Waals surface area contributed by atoms with Crippen molar-refractivity contribution in [3.8, 4) is 5.75 Å². The Bertz CT molecular complexity index is 2270. The molecule has 5 atom stereocenters. The number of β-lactam (4-membered cyclic amide) rings is 1. The Labute approximate surface area is 343 Å². The SMILES string of the molecule is COc1ccc([Si](C)(C)[C@H]2[C@H](CC(=O)N(CCO)Cc3ccccc3)O[C@@]3(C(=O)N(Cc4cccc(N5C(=O)CC5OC(C)=O)c4)c4ccc([N+](=O)[O-])cc43)[C@@H]2C)cc1. The number of benzene rings is 4. The minimum atomic E-state index is -2.70. The number of non-ortho nitro benzene ring substituents is 1. The minimum Gasteiger partial charge on any atom is -0.497 e. The smallest absolute Gasteiger partial charge is 0.304 e. The molecule has 4 aromatic rings. The van der Waals surface area contributed by atoms with E-state index >= 15 is 4.79 Å². The normalized spacial score (nSPS) is 22.3. The van der Waals surface area contributed by atoms with Crippen LogP contribution in [-0.4, -0.2) is 79.3 Å². The van der Waals surface area contributed by atoms with E-state index in [9.17, 15) is 29.6 Å². The second kappa shape index (κ2) is 16.4. The van der Waals surface area contributed by atoms with Gasteiger partial charge < -0.3 is 29.1 Å². The summed E-state index contributed by atoms with van der Waals surface area (Å²) < 4.78 is 17.9. The lowest BCUT2D eigenvalue weighted by Crippen LogP contribution is -2.54. The van der Waals surface area contributed by atoms with E-state index in [-0.39, 0.29) is 62.1 Å². The van der Waals surface area contributed by atoms with Gasteiger partial charge in [0.25, 0.3) is 11.6 Å². The molecule has 7 rings (SSSR count). The fourth-order valence-corrected chi connectivity index (χ4v) is 13.3. The van der Waals surface area contributed by atoms with Gasteiger partial charge in [0, 0.05) is 49.3 Å². The number of amides is 3. The highest BCUT2D eigenvalue weighted by Gasteiger charge is 2.67. The largest absolute Gasteiger partial charge is 0.497 e. The van der Waals surface area contributed by atoms with Crippen molar-refractivity contribution in [3.05, 3.63) is 124 Å². The van der Waals surface area contributed by atoms with Gasteiger partial charge in [-0.25, -0.2) is 0 Å². The van der Waals surface area contributed by atoms with Gasteiger partial charge in [-0.2, -0.15) is 0 Å². The molecule has 3 aliphatic heterocycles. The molecule has 308 valence electrons. The molecule has 4 aromatic carbocycles. The zero-order valence-corrected chi connectivity index (χ0v) is 34.7. The average molecular weight is 821 g/mol. The molecule has 2 fully saturated rings. The van der Waals surface area contributed by atoms with Crippen molar-refractivity contribution >= 4 is 54.0 Å². The first-order valence-corrected chi connectivity index (χ1v) is 22.7. The van der Waals surface area contributed by atoms with Gasteiger partial charge in [-0.05, 0) is 47.0 Å². The first-order valence-electron chi connectivity index (χ1n) is 19.6. The molecule has 59 heavy (non-hydrogen) atoms. The van der Waals surface area contributed by atoms with Gasteiger partial charge in [0.15, 0.2) is 11.8 Å². The number of nitrogens with zero attached hydrogens (tertiary/aromatic N) is 4. The highest BCUT2D eigenvalue weighted by molar-refractivity contribution is 6.91. The van der Waals surface area contributed by atoms with Gasteiger partial charge in [-0.15, -0.1) is 0 Å². The second-order valence-electron chi connectivity index (χ2n) is 15.9. The number of carbonyl (C=O) groups is 4. The van der Waals surface area contributed by atoms with E-state index in [1.54, 1.807) is 41.2 Å². The van der Waals surface area contributed by atoms with Crippen molar-refractivity contribution < 1.29 is 43.4 Å². The Morgan fingerprint density at radius 2 is 1.71 bits per heavy atom. The molecule has 0 aromatic heterocycles. The van der Waals surface area contributed by atoms with E-state index in [0.717, 1.165) is 10.8 Å². The molecule has 1 unspecified atom stereocenters. The Hall–Kier alpha value is -5.90. The molecule has 2 saturated heterocycles. The summed E-state index contributed by atoms with van der Waals surface area (Å²) in [5, 5.41) is 23.4. The van der Waals surface area contributed by atoms with E-state index in [2.05, 4.69) is 13.1 Å². The van der Waals surface area contributed by atoms with Crippen molar-refractivity contribution in [2.75, 3.05) is 30.1 Å². The summed E-state index contributed by atoms with van der Waals surface area (Å²) in [7, 11) is -1.10. The third-order valence-electron chi connectivity index (χ3n) is 12.1. The van der Waals surface area contributed by atoms with Gasteiger partial charge in [0.05, 0.1) is 57.9 Å². The molecule has 0 aliphatic carbocycles. The second-order valence-corrected chi connectivity index (χ2v) is 20.6. The van der Waals surface area contributed by atoms with E-state index in [1.807, 2.05) is 67.6 Å². The first-order chi connectivity index (χ1) is 28.2. The molecule has 3 amide bonds. The number of nitro benzene ring substituents is 1. The van der Waals surface area contributed by atoms with Gasteiger partial charge in [0.1, 0.15) is 5.75 Å². The average Bonchev–Trinajstić information content (AvgIpc) is 3.63. The highest BCUT2D eigenvalue weighted by atomic mass is 28.3. The summed E-state index contributed by atoms with van der Waals surface area (Å²) in [6.45, 7) is 7.73. The van der Waals surface area contributed by atoms with Crippen LogP contribution in [0.2, 0.25) is 18.6 Å². The summed E-state index contributed by atoms with van der Waals surface area (Å²) in [6.07, 6.45) is -1.56. The molecule has 3 aliphatic rings. The molecule has 15 heteroatoms. The number of esters is 1. The number of hydrogen-bond donors (Lipinski definition) is 1. The Morgan fingerprint density at radius 1 is 1.00 bits per heavy atom. The maximum absolute atomic E-state index is 15.4.